The average Bonchev–Trinajstić information content (AvgIpc) is 3.22. The summed E-state index contributed by atoms with van der Waals surface area (Å²) in [5.74, 6) is -1.09. The van der Waals surface area contributed by atoms with Crippen molar-refractivity contribution in [2.24, 2.45) is 5.73 Å². The third kappa shape index (κ3) is 4.41. The van der Waals surface area contributed by atoms with Gasteiger partial charge in [0.05, 0.1) is 18.1 Å². The van der Waals surface area contributed by atoms with E-state index in [0.717, 1.165) is 15.8 Å². The number of rotatable bonds is 7. The van der Waals surface area contributed by atoms with Crippen LogP contribution in [-0.2, 0) is 24.4 Å². The van der Waals surface area contributed by atoms with Gasteiger partial charge in [-0.1, -0.05) is 48.5 Å². The summed E-state index contributed by atoms with van der Waals surface area (Å²) in [6.45, 7) is 0.641. The van der Waals surface area contributed by atoms with Gasteiger partial charge in [-0.15, -0.1) is 0 Å². The number of fused-ring (bicyclic) bond motifs is 1. The van der Waals surface area contributed by atoms with Crippen LogP contribution in [0.4, 0.5) is 0 Å². The minimum Gasteiger partial charge on any atom is -0.364 e. The Morgan fingerprint density at radius 3 is 2.41 bits per heavy atom. The van der Waals surface area contributed by atoms with Gasteiger partial charge in [-0.3, -0.25) is 19.1 Å². The molecule has 2 aromatic heterocycles. The van der Waals surface area contributed by atoms with Crippen molar-refractivity contribution in [1.82, 2.24) is 24.5 Å². The van der Waals surface area contributed by atoms with E-state index in [1.807, 2.05) is 36.5 Å². The van der Waals surface area contributed by atoms with Crippen molar-refractivity contribution in [3.63, 3.8) is 0 Å². The van der Waals surface area contributed by atoms with Crippen LogP contribution in [0.1, 0.15) is 21.6 Å². The molecule has 2 heterocycles. The number of benzene rings is 2. The number of primary amides is 1. The van der Waals surface area contributed by atoms with E-state index < -0.39 is 11.5 Å². The van der Waals surface area contributed by atoms with Gasteiger partial charge in [0, 0.05) is 30.7 Å². The first-order valence-corrected chi connectivity index (χ1v) is 10.0. The molecule has 0 radical (unpaired) electrons. The standard InChI is InChI=1S/C23H22N6O3/c1-27(12-17-11-25-28(14-17)13-16-7-3-2-4-8-16)20(30)15-29-23(32)19-10-6-5-9-18(19)21(26-29)22(24)31/h2-11,14H,12-13,15H2,1H3,(H2,24,31). The molecule has 2 N–H and O–H groups in total. The summed E-state index contributed by atoms with van der Waals surface area (Å²) in [7, 11) is 1.64. The Morgan fingerprint density at radius 2 is 1.69 bits per heavy atom. The lowest BCUT2D eigenvalue weighted by Crippen LogP contribution is -2.36. The lowest BCUT2D eigenvalue weighted by atomic mass is 10.1. The second-order valence-electron chi connectivity index (χ2n) is 7.50. The fourth-order valence-electron chi connectivity index (χ4n) is 3.48. The molecule has 0 saturated heterocycles. The minimum atomic E-state index is -0.762. The molecule has 0 aliphatic carbocycles. The SMILES string of the molecule is CN(Cc1cnn(Cc2ccccc2)c1)C(=O)Cn1nc(C(N)=O)c2ccccc2c1=O. The van der Waals surface area contributed by atoms with E-state index in [4.69, 9.17) is 5.73 Å². The molecule has 0 aliphatic rings. The van der Waals surface area contributed by atoms with E-state index in [1.165, 1.54) is 4.90 Å². The zero-order chi connectivity index (χ0) is 22.7. The molecule has 162 valence electrons. The van der Waals surface area contributed by atoms with Crippen LogP contribution >= 0.6 is 0 Å². The highest BCUT2D eigenvalue weighted by molar-refractivity contribution is 6.04. The number of hydrogen-bond donors (Lipinski definition) is 1. The molecule has 9 nitrogen and oxygen atoms in total. The molecule has 0 spiro atoms. The number of carbonyl (C=O) groups is 2. The van der Waals surface area contributed by atoms with E-state index in [9.17, 15) is 14.4 Å². The van der Waals surface area contributed by atoms with E-state index in [0.29, 0.717) is 18.5 Å². The number of carbonyl (C=O) groups excluding carboxylic acids is 2. The van der Waals surface area contributed by atoms with Crippen LogP contribution in [0.2, 0.25) is 0 Å². The first-order chi connectivity index (χ1) is 15.4. The van der Waals surface area contributed by atoms with E-state index in [1.54, 1.807) is 42.2 Å². The van der Waals surface area contributed by atoms with Gasteiger partial charge in [0.15, 0.2) is 5.69 Å². The Bertz CT molecular complexity index is 1340. The van der Waals surface area contributed by atoms with Crippen molar-refractivity contribution in [3.8, 4) is 0 Å². The number of aromatic nitrogens is 4. The van der Waals surface area contributed by atoms with Gasteiger partial charge in [0.25, 0.3) is 11.5 Å². The molecule has 4 rings (SSSR count). The van der Waals surface area contributed by atoms with Gasteiger partial charge in [-0.2, -0.15) is 10.2 Å². The van der Waals surface area contributed by atoms with Crippen LogP contribution in [0.3, 0.4) is 0 Å². The Balaban J connectivity index is 1.49. The quantitative estimate of drug-likeness (QED) is 0.476. The summed E-state index contributed by atoms with van der Waals surface area (Å²) in [5, 5.41) is 9.05. The third-order valence-electron chi connectivity index (χ3n) is 5.11. The number of hydrogen-bond acceptors (Lipinski definition) is 5. The zero-order valence-electron chi connectivity index (χ0n) is 17.5. The largest absolute Gasteiger partial charge is 0.364 e. The van der Waals surface area contributed by atoms with E-state index in [-0.39, 0.29) is 23.5 Å². The maximum absolute atomic E-state index is 12.8. The van der Waals surface area contributed by atoms with Gasteiger partial charge in [-0.25, -0.2) is 4.68 Å². The molecule has 32 heavy (non-hydrogen) atoms. The van der Waals surface area contributed by atoms with Gasteiger partial charge in [0.1, 0.15) is 6.54 Å². The van der Waals surface area contributed by atoms with Gasteiger partial charge >= 0.3 is 0 Å². The smallest absolute Gasteiger partial charge is 0.275 e. The van der Waals surface area contributed by atoms with Crippen molar-refractivity contribution in [1.29, 1.82) is 0 Å². The Labute approximate surface area is 183 Å². The predicted molar refractivity (Wildman–Crippen MR) is 119 cm³/mol. The fourth-order valence-corrected chi connectivity index (χ4v) is 3.48. The highest BCUT2D eigenvalue weighted by Gasteiger charge is 2.18. The van der Waals surface area contributed by atoms with Crippen LogP contribution in [0, 0.1) is 0 Å². The third-order valence-corrected chi connectivity index (χ3v) is 5.11. The van der Waals surface area contributed by atoms with Gasteiger partial charge in [-0.05, 0) is 11.6 Å². The molecule has 0 atom stereocenters. The molecule has 2 aromatic carbocycles. The molecule has 2 amide bonds. The van der Waals surface area contributed by atoms with Crippen LogP contribution in [0.15, 0.2) is 71.8 Å². The van der Waals surface area contributed by atoms with Crippen molar-refractivity contribution in [2.75, 3.05) is 7.05 Å². The summed E-state index contributed by atoms with van der Waals surface area (Å²) in [6.07, 6.45) is 3.58. The topological polar surface area (TPSA) is 116 Å². The molecule has 0 fully saturated rings. The molecule has 0 saturated carbocycles. The molecule has 4 aromatic rings. The summed E-state index contributed by atoms with van der Waals surface area (Å²) in [6, 6.07) is 16.5. The van der Waals surface area contributed by atoms with Crippen LogP contribution in [0.5, 0.6) is 0 Å². The number of likely N-dealkylation sites (N-methyl/N-ethyl adjacent to an activating group) is 1. The predicted octanol–water partition coefficient (Wildman–Crippen LogP) is 1.40. The molecule has 9 heteroatoms. The van der Waals surface area contributed by atoms with Gasteiger partial charge < -0.3 is 10.6 Å². The zero-order valence-corrected chi connectivity index (χ0v) is 17.5. The van der Waals surface area contributed by atoms with Crippen LogP contribution in [-0.4, -0.2) is 43.3 Å². The first-order valence-electron chi connectivity index (χ1n) is 10.0. The minimum absolute atomic E-state index is 0.0437. The monoisotopic (exact) mass is 430 g/mol. The van der Waals surface area contributed by atoms with Crippen molar-refractivity contribution < 1.29 is 9.59 Å². The second kappa shape index (κ2) is 8.84. The van der Waals surface area contributed by atoms with Crippen molar-refractivity contribution in [3.05, 3.63) is 94.2 Å². The molecular weight excluding hydrogens is 408 g/mol. The highest BCUT2D eigenvalue weighted by atomic mass is 16.2. The van der Waals surface area contributed by atoms with Crippen molar-refractivity contribution in [2.45, 2.75) is 19.6 Å². The van der Waals surface area contributed by atoms with Crippen molar-refractivity contribution >= 4 is 22.6 Å². The summed E-state index contributed by atoms with van der Waals surface area (Å²) >= 11 is 0. The van der Waals surface area contributed by atoms with Crippen LogP contribution < -0.4 is 11.3 Å². The molecule has 0 bridgehead atoms. The maximum atomic E-state index is 12.8. The van der Waals surface area contributed by atoms with Crippen LogP contribution in [0.25, 0.3) is 10.8 Å². The lowest BCUT2D eigenvalue weighted by Gasteiger charge is -2.17. The number of nitrogens with zero attached hydrogens (tertiary/aromatic N) is 5. The van der Waals surface area contributed by atoms with E-state index >= 15 is 0 Å². The number of nitrogens with two attached hydrogens (primary N) is 1. The Morgan fingerprint density at radius 1 is 1.00 bits per heavy atom. The Hall–Kier alpha value is -4.27. The maximum Gasteiger partial charge on any atom is 0.275 e. The summed E-state index contributed by atoms with van der Waals surface area (Å²) in [4.78, 5) is 38.8. The fraction of sp³-hybridized carbons (Fsp3) is 0.174. The van der Waals surface area contributed by atoms with E-state index in [2.05, 4.69) is 10.2 Å². The highest BCUT2D eigenvalue weighted by Crippen LogP contribution is 2.13. The second-order valence-corrected chi connectivity index (χ2v) is 7.50. The molecular formula is C23H22N6O3. The number of amides is 2. The summed E-state index contributed by atoms with van der Waals surface area (Å²) < 4.78 is 2.79. The first kappa shape index (κ1) is 21.0. The average molecular weight is 430 g/mol. The lowest BCUT2D eigenvalue weighted by molar-refractivity contribution is -0.131. The molecule has 0 unspecified atom stereocenters. The Kier molecular flexibility index (Phi) is 5.80. The molecule has 0 aliphatic heterocycles. The normalized spacial score (nSPS) is 10.9. The summed E-state index contributed by atoms with van der Waals surface area (Å²) in [5.41, 5.74) is 6.91. The van der Waals surface area contributed by atoms with Gasteiger partial charge in [0.2, 0.25) is 5.91 Å².